The van der Waals surface area contributed by atoms with Crippen molar-refractivity contribution in [2.24, 2.45) is 0 Å². The molecule has 1 N–H and O–H groups in total. The molecule has 0 rings (SSSR count). The van der Waals surface area contributed by atoms with Crippen molar-refractivity contribution in [3.63, 3.8) is 0 Å². The van der Waals surface area contributed by atoms with E-state index in [2.05, 4.69) is 13.8 Å². The molecule has 0 radical (unpaired) electrons. The number of rotatable bonds is 55. The van der Waals surface area contributed by atoms with Gasteiger partial charge >= 0.3 is 13.8 Å². The Balaban J connectivity index is 4.00. The van der Waals surface area contributed by atoms with E-state index in [4.69, 9.17) is 18.5 Å². The van der Waals surface area contributed by atoms with Crippen LogP contribution in [0, 0.1) is 0 Å². The third-order valence-electron chi connectivity index (χ3n) is 13.2. The van der Waals surface area contributed by atoms with Crippen molar-refractivity contribution in [1.82, 2.24) is 0 Å². The minimum atomic E-state index is -4.28. The van der Waals surface area contributed by atoms with E-state index in [0.717, 1.165) is 32.1 Å². The van der Waals surface area contributed by atoms with Gasteiger partial charge in [-0.15, -0.1) is 0 Å². The van der Waals surface area contributed by atoms with Crippen LogP contribution in [-0.2, 0) is 27.9 Å². The summed E-state index contributed by atoms with van der Waals surface area (Å²) in [6.45, 7) is 5.72. The van der Waals surface area contributed by atoms with Gasteiger partial charge in [0.2, 0.25) is 0 Å². The second kappa shape index (κ2) is 49.9. The molecule has 0 amide bonds. The lowest BCUT2D eigenvalue weighted by atomic mass is 10.0. The van der Waals surface area contributed by atoms with Gasteiger partial charge in [-0.3, -0.25) is 13.8 Å². The van der Waals surface area contributed by atoms with Crippen LogP contribution in [0.4, 0.5) is 0 Å². The highest BCUT2D eigenvalue weighted by atomic mass is 31.2. The first-order valence-corrected chi connectivity index (χ1v) is 30.3. The van der Waals surface area contributed by atoms with Gasteiger partial charge < -0.3 is 18.9 Å². The average Bonchev–Trinajstić information content (AvgIpc) is 3.27. The van der Waals surface area contributed by atoms with Crippen LogP contribution in [-0.4, -0.2) is 75.6 Å². The average molecular weight is 946 g/mol. The molecule has 0 aliphatic heterocycles. The Morgan fingerprint density at radius 1 is 0.415 bits per heavy atom. The van der Waals surface area contributed by atoms with E-state index in [1.165, 1.54) is 244 Å². The number of quaternary nitrogens is 1. The molecule has 2 atom stereocenters. The maximum absolute atomic E-state index is 12.8. The topological polar surface area (TPSA) is 91.3 Å². The molecule has 0 saturated carbocycles. The number of ether oxygens (including phenoxy) is 2. The van der Waals surface area contributed by atoms with Gasteiger partial charge in [-0.05, 0) is 12.8 Å². The molecule has 0 saturated heterocycles. The first-order chi connectivity index (χ1) is 31.6. The van der Waals surface area contributed by atoms with Crippen molar-refractivity contribution in [2.45, 2.75) is 302 Å². The van der Waals surface area contributed by atoms with Crippen LogP contribution in [0.25, 0.3) is 0 Å². The van der Waals surface area contributed by atoms with E-state index in [-0.39, 0.29) is 25.8 Å². The summed E-state index contributed by atoms with van der Waals surface area (Å²) < 4.78 is 35.3. The largest absolute Gasteiger partial charge is 0.472 e. The van der Waals surface area contributed by atoms with E-state index in [9.17, 15) is 14.3 Å². The zero-order chi connectivity index (χ0) is 47.6. The maximum Gasteiger partial charge on any atom is 0.472 e. The predicted octanol–water partition coefficient (Wildman–Crippen LogP) is 18.0. The van der Waals surface area contributed by atoms with Gasteiger partial charge in [0.1, 0.15) is 19.3 Å². The first kappa shape index (κ1) is 64.5. The van der Waals surface area contributed by atoms with E-state index in [1.807, 2.05) is 21.1 Å². The predicted molar refractivity (Wildman–Crippen MR) is 280 cm³/mol. The monoisotopic (exact) mass is 945 g/mol. The van der Waals surface area contributed by atoms with Crippen LogP contribution in [0.3, 0.4) is 0 Å². The summed E-state index contributed by atoms with van der Waals surface area (Å²) in [7, 11) is 1.69. The van der Waals surface area contributed by atoms with Crippen molar-refractivity contribution in [1.29, 1.82) is 0 Å². The highest BCUT2D eigenvalue weighted by molar-refractivity contribution is 7.47. The van der Waals surface area contributed by atoms with Gasteiger partial charge in [0.05, 0.1) is 34.4 Å². The lowest BCUT2D eigenvalue weighted by molar-refractivity contribution is -0.870. The summed E-state index contributed by atoms with van der Waals surface area (Å²) in [4.78, 5) is 23.1. The molecule has 0 aromatic carbocycles. The van der Waals surface area contributed by atoms with Gasteiger partial charge in [-0.25, -0.2) is 4.57 Å². The van der Waals surface area contributed by atoms with Crippen molar-refractivity contribution >= 4 is 13.8 Å². The Bertz CT molecular complexity index is 1010. The number of carbonyl (C=O) groups is 1. The second-order valence-corrected chi connectivity index (χ2v) is 22.5. The Morgan fingerprint density at radius 3 is 1.02 bits per heavy atom. The summed E-state index contributed by atoms with van der Waals surface area (Å²) in [5, 5.41) is 0. The Kier molecular flexibility index (Phi) is 49.5. The molecular weight excluding hydrogens is 830 g/mol. The van der Waals surface area contributed by atoms with Gasteiger partial charge in [-0.2, -0.15) is 0 Å². The number of phosphoric ester groups is 1. The van der Waals surface area contributed by atoms with Crippen LogP contribution in [0.1, 0.15) is 296 Å². The Morgan fingerprint density at radius 2 is 0.708 bits per heavy atom. The molecule has 0 bridgehead atoms. The number of hydrogen-bond acceptors (Lipinski definition) is 6. The summed E-state index contributed by atoms with van der Waals surface area (Å²) >= 11 is 0. The fourth-order valence-corrected chi connectivity index (χ4v) is 9.48. The summed E-state index contributed by atoms with van der Waals surface area (Å²) in [6.07, 6.45) is 57.4. The molecule has 0 aromatic rings. The number of likely N-dealkylation sites (N-methyl/N-ethyl adjacent to an activating group) is 1. The zero-order valence-corrected chi connectivity index (χ0v) is 45.4. The van der Waals surface area contributed by atoms with Crippen LogP contribution in [0.5, 0.6) is 0 Å². The summed E-state index contributed by atoms with van der Waals surface area (Å²) in [6, 6.07) is 0. The lowest BCUT2D eigenvalue weighted by Crippen LogP contribution is -2.37. The molecule has 0 aliphatic carbocycles. The fourth-order valence-electron chi connectivity index (χ4n) is 8.73. The third kappa shape index (κ3) is 54.3. The molecule has 0 aromatic heterocycles. The second-order valence-electron chi connectivity index (χ2n) is 21.0. The first-order valence-electron chi connectivity index (χ1n) is 28.8. The molecule has 2 unspecified atom stereocenters. The number of esters is 1. The summed E-state index contributed by atoms with van der Waals surface area (Å²) in [5.74, 6) is -0.303. The van der Waals surface area contributed by atoms with Crippen molar-refractivity contribution in [3.05, 3.63) is 0 Å². The Hall–Kier alpha value is -0.500. The van der Waals surface area contributed by atoms with Crippen LogP contribution < -0.4 is 0 Å². The minimum Gasteiger partial charge on any atom is -0.457 e. The molecule has 9 heteroatoms. The molecule has 8 nitrogen and oxygen atoms in total. The smallest absolute Gasteiger partial charge is 0.457 e. The quantitative estimate of drug-likeness (QED) is 0.0281. The number of phosphoric acid groups is 1. The van der Waals surface area contributed by atoms with Gasteiger partial charge in [0.15, 0.2) is 0 Å². The van der Waals surface area contributed by atoms with Crippen LogP contribution in [0.15, 0.2) is 0 Å². The molecule has 390 valence electrons. The highest BCUT2D eigenvalue weighted by Gasteiger charge is 2.26. The van der Waals surface area contributed by atoms with Gasteiger partial charge in [-0.1, -0.05) is 277 Å². The van der Waals surface area contributed by atoms with Crippen molar-refractivity contribution in [2.75, 3.05) is 54.1 Å². The molecular formula is C56H115NO7P+. The summed E-state index contributed by atoms with van der Waals surface area (Å²) in [5.41, 5.74) is 0. The minimum absolute atomic E-state index is 0.0944. The SMILES string of the molecule is CCCCCCCCCCCCCCCCCCCCCCCCCCC(=O)OC(COCCCCCCCCCCCCCCCCCCCCC)COP(=O)(O)OCC[N+](C)(C)C. The van der Waals surface area contributed by atoms with Crippen LogP contribution in [0.2, 0.25) is 0 Å². The number of nitrogens with zero attached hydrogens (tertiary/aromatic N) is 1. The van der Waals surface area contributed by atoms with E-state index >= 15 is 0 Å². The lowest BCUT2D eigenvalue weighted by Gasteiger charge is -2.24. The van der Waals surface area contributed by atoms with Gasteiger partial charge in [0, 0.05) is 13.0 Å². The van der Waals surface area contributed by atoms with E-state index < -0.39 is 13.9 Å². The maximum atomic E-state index is 12.8. The molecule has 0 fully saturated rings. The molecule has 65 heavy (non-hydrogen) atoms. The fraction of sp³-hybridized carbons (Fsp3) is 0.982. The molecule has 0 spiro atoms. The number of carbonyl (C=O) groups excluding carboxylic acids is 1. The third-order valence-corrected chi connectivity index (χ3v) is 14.2. The highest BCUT2D eigenvalue weighted by Crippen LogP contribution is 2.43. The van der Waals surface area contributed by atoms with E-state index in [1.54, 1.807) is 0 Å². The van der Waals surface area contributed by atoms with Crippen molar-refractivity contribution < 1.29 is 37.3 Å². The standard InChI is InChI=1S/C56H114NO7P/c1-6-8-10-12-14-16-18-20-22-24-26-27-28-29-30-31-33-35-37-39-41-43-45-47-49-56(58)64-55(54-63-65(59,60)62-52-50-57(3,4)5)53-61-51-48-46-44-42-40-38-36-34-32-25-23-21-19-17-15-13-11-9-7-2/h55H,6-54H2,1-5H3/p+1. The normalized spacial score (nSPS) is 13.4. The zero-order valence-electron chi connectivity index (χ0n) is 44.5. The molecule has 0 aliphatic rings. The van der Waals surface area contributed by atoms with Crippen LogP contribution >= 0.6 is 7.82 Å². The Labute approximate surface area is 406 Å². The number of hydrogen-bond donors (Lipinski definition) is 1. The van der Waals surface area contributed by atoms with Crippen molar-refractivity contribution in [3.8, 4) is 0 Å². The molecule has 0 heterocycles. The van der Waals surface area contributed by atoms with Gasteiger partial charge in [0.25, 0.3) is 0 Å². The number of unbranched alkanes of at least 4 members (excludes halogenated alkanes) is 41. The van der Waals surface area contributed by atoms with E-state index in [0.29, 0.717) is 24.1 Å².